The number of carbonyl (C=O) groups is 1. The zero-order chi connectivity index (χ0) is 19.9. The van der Waals surface area contributed by atoms with E-state index in [0.717, 1.165) is 17.3 Å². The summed E-state index contributed by atoms with van der Waals surface area (Å²) in [7, 11) is 3.77. The highest BCUT2D eigenvalue weighted by Gasteiger charge is 2.46. The number of amides is 1. The van der Waals surface area contributed by atoms with Gasteiger partial charge in [0, 0.05) is 44.5 Å². The van der Waals surface area contributed by atoms with Gasteiger partial charge in [0.05, 0.1) is 29.9 Å². The zero-order valence-electron chi connectivity index (χ0n) is 15.8. The number of anilines is 1. The number of aromatic nitrogens is 2. The Balaban J connectivity index is 1.62. The Bertz CT molecular complexity index is 987. The molecule has 144 valence electrons. The molecule has 0 N–H and O–H groups in total. The highest BCUT2D eigenvalue weighted by molar-refractivity contribution is 5.94. The fraction of sp³-hybridized carbons (Fsp3) is 0.400. The number of fused-ring (bicyclic) bond motifs is 2. The second kappa shape index (κ2) is 6.84. The Morgan fingerprint density at radius 2 is 2.25 bits per heavy atom. The fourth-order valence-electron chi connectivity index (χ4n) is 3.88. The number of ether oxygens (including phenoxy) is 1. The van der Waals surface area contributed by atoms with Crippen LogP contribution in [0.15, 0.2) is 24.4 Å². The van der Waals surface area contributed by atoms with E-state index in [4.69, 9.17) is 15.0 Å². The molecule has 0 aliphatic carbocycles. The number of nitrogens with zero attached hydrogens (tertiary/aromatic N) is 5. The number of hydrogen-bond acceptors (Lipinski definition) is 6. The molecule has 7 nitrogen and oxygen atoms in total. The summed E-state index contributed by atoms with van der Waals surface area (Å²) in [5, 5.41) is 8.87. The van der Waals surface area contributed by atoms with Gasteiger partial charge in [0.1, 0.15) is 11.9 Å². The molecule has 8 heteroatoms. The van der Waals surface area contributed by atoms with E-state index in [1.165, 1.54) is 12.1 Å². The first kappa shape index (κ1) is 18.3. The van der Waals surface area contributed by atoms with Crippen LogP contribution in [-0.4, -0.2) is 54.6 Å². The number of halogens is 1. The van der Waals surface area contributed by atoms with Gasteiger partial charge in [0.15, 0.2) is 0 Å². The van der Waals surface area contributed by atoms with Crippen molar-refractivity contribution in [2.24, 2.45) is 0 Å². The van der Waals surface area contributed by atoms with Crippen LogP contribution in [0.3, 0.4) is 0 Å². The van der Waals surface area contributed by atoms with Crippen molar-refractivity contribution in [3.05, 3.63) is 52.6 Å². The average Bonchev–Trinajstić information content (AvgIpc) is 3.12. The molecule has 1 unspecified atom stereocenters. The van der Waals surface area contributed by atoms with E-state index in [1.807, 2.05) is 19.0 Å². The Morgan fingerprint density at radius 1 is 1.43 bits per heavy atom. The van der Waals surface area contributed by atoms with Gasteiger partial charge in [-0.05, 0) is 24.6 Å². The van der Waals surface area contributed by atoms with Crippen molar-refractivity contribution in [1.29, 1.82) is 5.26 Å². The summed E-state index contributed by atoms with van der Waals surface area (Å²) in [5.74, 6) is -0.315. The van der Waals surface area contributed by atoms with Gasteiger partial charge in [-0.3, -0.25) is 4.79 Å². The van der Waals surface area contributed by atoms with Crippen molar-refractivity contribution < 1.29 is 13.9 Å². The topological polar surface area (TPSA) is 82.4 Å². The third kappa shape index (κ3) is 2.98. The summed E-state index contributed by atoms with van der Waals surface area (Å²) in [6.07, 6.45) is 2.51. The summed E-state index contributed by atoms with van der Waals surface area (Å²) in [6.45, 7) is 1.92. The molecule has 0 bridgehead atoms. The Hall–Kier alpha value is -3.05. The quantitative estimate of drug-likeness (QED) is 0.790. The predicted octanol–water partition coefficient (Wildman–Crippen LogP) is 1.87. The molecule has 0 saturated carbocycles. The highest BCUT2D eigenvalue weighted by atomic mass is 19.1. The Kier molecular flexibility index (Phi) is 4.47. The molecule has 4 rings (SSSR count). The first-order chi connectivity index (χ1) is 13.4. The second-order valence-electron chi connectivity index (χ2n) is 7.49. The summed E-state index contributed by atoms with van der Waals surface area (Å²) in [5.41, 5.74) is 1.65. The minimum absolute atomic E-state index is 0.0723. The monoisotopic (exact) mass is 381 g/mol. The summed E-state index contributed by atoms with van der Waals surface area (Å²) < 4.78 is 19.7. The third-order valence-electron chi connectivity index (χ3n) is 5.37. The fourth-order valence-corrected chi connectivity index (χ4v) is 3.88. The molecular formula is C20H20FN5O2. The van der Waals surface area contributed by atoms with E-state index < -0.39 is 5.82 Å². The van der Waals surface area contributed by atoms with Crippen LogP contribution in [-0.2, 0) is 16.8 Å². The Labute approximate surface area is 162 Å². The number of rotatable bonds is 2. The first-order valence-electron chi connectivity index (χ1n) is 9.04. The van der Waals surface area contributed by atoms with E-state index in [1.54, 1.807) is 17.2 Å². The molecule has 1 aromatic carbocycles. The van der Waals surface area contributed by atoms with E-state index in [-0.39, 0.29) is 22.4 Å². The minimum atomic E-state index is -0.683. The number of likely N-dealkylation sites (tertiary alicyclic amines) is 1. The predicted molar refractivity (Wildman–Crippen MR) is 99.3 cm³/mol. The normalized spacial score (nSPS) is 20.7. The van der Waals surface area contributed by atoms with Gasteiger partial charge < -0.3 is 14.5 Å². The Morgan fingerprint density at radius 3 is 2.96 bits per heavy atom. The van der Waals surface area contributed by atoms with Gasteiger partial charge in [-0.2, -0.15) is 5.26 Å². The van der Waals surface area contributed by atoms with Crippen molar-refractivity contribution in [3.8, 4) is 6.07 Å². The molecule has 2 aromatic rings. The van der Waals surface area contributed by atoms with Gasteiger partial charge in [-0.15, -0.1) is 0 Å². The van der Waals surface area contributed by atoms with Gasteiger partial charge in [-0.1, -0.05) is 0 Å². The summed E-state index contributed by atoms with van der Waals surface area (Å²) in [4.78, 5) is 25.6. The SMILES string of the molecule is CN(C)c1ncc2c(n1)C1(CCN(C(=O)c3ccc(C#N)c(F)c3)C1)COC2. The van der Waals surface area contributed by atoms with Gasteiger partial charge >= 0.3 is 0 Å². The van der Waals surface area contributed by atoms with E-state index in [9.17, 15) is 9.18 Å². The second-order valence-corrected chi connectivity index (χ2v) is 7.49. The maximum Gasteiger partial charge on any atom is 0.253 e. The molecule has 1 spiro atoms. The van der Waals surface area contributed by atoms with Gasteiger partial charge in [0.2, 0.25) is 5.95 Å². The van der Waals surface area contributed by atoms with E-state index in [2.05, 4.69) is 4.98 Å². The minimum Gasteiger partial charge on any atom is -0.376 e. The molecule has 3 heterocycles. The van der Waals surface area contributed by atoms with Crippen molar-refractivity contribution >= 4 is 11.9 Å². The van der Waals surface area contributed by atoms with Crippen LogP contribution in [0.4, 0.5) is 10.3 Å². The number of hydrogen-bond donors (Lipinski definition) is 0. The molecule has 2 aliphatic rings. The number of nitriles is 1. The van der Waals surface area contributed by atoms with Crippen molar-refractivity contribution in [2.45, 2.75) is 18.4 Å². The van der Waals surface area contributed by atoms with Crippen LogP contribution < -0.4 is 4.90 Å². The zero-order valence-corrected chi connectivity index (χ0v) is 15.8. The number of carbonyl (C=O) groups excluding carboxylic acids is 1. The summed E-state index contributed by atoms with van der Waals surface area (Å²) >= 11 is 0. The van der Waals surface area contributed by atoms with E-state index in [0.29, 0.717) is 38.7 Å². The van der Waals surface area contributed by atoms with Crippen LogP contribution in [0.2, 0.25) is 0 Å². The molecular weight excluding hydrogens is 361 g/mol. The van der Waals surface area contributed by atoms with Crippen LogP contribution in [0.1, 0.15) is 33.6 Å². The molecule has 2 aliphatic heterocycles. The molecule has 1 saturated heterocycles. The largest absolute Gasteiger partial charge is 0.376 e. The van der Waals surface area contributed by atoms with Crippen molar-refractivity contribution in [3.63, 3.8) is 0 Å². The number of benzene rings is 1. The first-order valence-corrected chi connectivity index (χ1v) is 9.04. The molecule has 28 heavy (non-hydrogen) atoms. The highest BCUT2D eigenvalue weighted by Crippen LogP contribution is 2.39. The van der Waals surface area contributed by atoms with Crippen molar-refractivity contribution in [2.75, 3.05) is 38.7 Å². The lowest BCUT2D eigenvalue weighted by molar-refractivity contribution is 0.0484. The standard InChI is InChI=1S/C20H20FN5O2/c1-25(2)19-23-9-15-10-28-12-20(17(15)24-19)5-6-26(11-20)18(27)13-3-4-14(8-22)16(21)7-13/h3-4,7,9H,5-6,10-12H2,1-2H3. The molecule has 1 atom stereocenters. The van der Waals surface area contributed by atoms with E-state index >= 15 is 0 Å². The van der Waals surface area contributed by atoms with Gasteiger partial charge in [-0.25, -0.2) is 14.4 Å². The molecule has 1 amide bonds. The van der Waals surface area contributed by atoms with Crippen LogP contribution in [0.25, 0.3) is 0 Å². The van der Waals surface area contributed by atoms with Crippen LogP contribution in [0.5, 0.6) is 0 Å². The lowest BCUT2D eigenvalue weighted by atomic mass is 9.80. The average molecular weight is 381 g/mol. The third-order valence-corrected chi connectivity index (χ3v) is 5.37. The maximum absolute atomic E-state index is 13.9. The lowest BCUT2D eigenvalue weighted by Gasteiger charge is -2.34. The molecule has 1 aromatic heterocycles. The van der Waals surface area contributed by atoms with Crippen molar-refractivity contribution in [1.82, 2.24) is 14.9 Å². The lowest BCUT2D eigenvalue weighted by Crippen LogP contribution is -2.42. The molecule has 1 fully saturated rings. The van der Waals surface area contributed by atoms with Crippen LogP contribution in [0, 0.1) is 17.1 Å². The molecule has 0 radical (unpaired) electrons. The van der Waals surface area contributed by atoms with Crippen LogP contribution >= 0.6 is 0 Å². The smallest absolute Gasteiger partial charge is 0.253 e. The maximum atomic E-state index is 13.9. The van der Waals surface area contributed by atoms with Gasteiger partial charge in [0.25, 0.3) is 5.91 Å². The summed E-state index contributed by atoms with van der Waals surface area (Å²) in [6, 6.07) is 5.73.